The predicted molar refractivity (Wildman–Crippen MR) is 76.3 cm³/mol. The first-order valence-corrected chi connectivity index (χ1v) is 6.55. The van der Waals surface area contributed by atoms with Crippen molar-refractivity contribution in [2.75, 3.05) is 11.9 Å². The summed E-state index contributed by atoms with van der Waals surface area (Å²) in [7, 11) is 0. The number of anilines is 1. The van der Waals surface area contributed by atoms with Gasteiger partial charge in [0, 0.05) is 22.2 Å². The molecule has 0 aliphatic carbocycles. The Morgan fingerprint density at radius 2 is 1.90 bits per heavy atom. The fraction of sp³-hybridized carbons (Fsp3) is 0.143. The van der Waals surface area contributed by atoms with Crippen LogP contribution in [0, 0.1) is 11.6 Å². The molecule has 20 heavy (non-hydrogen) atoms. The standard InChI is InChI=1S/C14H11Cl2F2NO/c15-8-4-5-10(16)9(6-8)13(20)7-19-12-3-1-2-11(17)14(12)18/h1-6,13,19-20H,7H2. The van der Waals surface area contributed by atoms with E-state index in [1.807, 2.05) is 0 Å². The minimum atomic E-state index is -0.996. The largest absolute Gasteiger partial charge is 0.387 e. The molecule has 106 valence electrons. The summed E-state index contributed by atoms with van der Waals surface area (Å²) in [4.78, 5) is 0. The molecule has 0 aromatic heterocycles. The fourth-order valence-electron chi connectivity index (χ4n) is 1.73. The van der Waals surface area contributed by atoms with E-state index >= 15 is 0 Å². The maximum absolute atomic E-state index is 13.4. The van der Waals surface area contributed by atoms with Gasteiger partial charge in [-0.1, -0.05) is 29.3 Å². The van der Waals surface area contributed by atoms with Crippen LogP contribution < -0.4 is 5.32 Å². The van der Waals surface area contributed by atoms with Crippen LogP contribution in [0.15, 0.2) is 36.4 Å². The molecule has 0 aliphatic rings. The van der Waals surface area contributed by atoms with Gasteiger partial charge < -0.3 is 10.4 Å². The second kappa shape index (κ2) is 6.39. The zero-order chi connectivity index (χ0) is 14.7. The SMILES string of the molecule is OC(CNc1cccc(F)c1F)c1cc(Cl)ccc1Cl. The van der Waals surface area contributed by atoms with E-state index in [2.05, 4.69) is 5.32 Å². The molecule has 2 aromatic rings. The second-order valence-corrected chi connectivity index (χ2v) is 5.01. The molecule has 0 radical (unpaired) electrons. The lowest BCUT2D eigenvalue weighted by molar-refractivity contribution is 0.191. The van der Waals surface area contributed by atoms with Crippen LogP contribution in [0.2, 0.25) is 10.0 Å². The first kappa shape index (κ1) is 15.0. The molecule has 1 atom stereocenters. The number of aliphatic hydroxyl groups is 1. The number of aliphatic hydroxyl groups excluding tert-OH is 1. The zero-order valence-corrected chi connectivity index (χ0v) is 11.7. The molecular weight excluding hydrogens is 307 g/mol. The van der Waals surface area contributed by atoms with Gasteiger partial charge in [0.15, 0.2) is 11.6 Å². The van der Waals surface area contributed by atoms with E-state index in [4.69, 9.17) is 23.2 Å². The van der Waals surface area contributed by atoms with Crippen molar-refractivity contribution in [3.63, 3.8) is 0 Å². The van der Waals surface area contributed by atoms with Crippen molar-refractivity contribution in [1.29, 1.82) is 0 Å². The quantitative estimate of drug-likeness (QED) is 0.875. The molecule has 2 nitrogen and oxygen atoms in total. The summed E-state index contributed by atoms with van der Waals surface area (Å²) < 4.78 is 26.5. The number of halogens is 4. The average Bonchev–Trinajstić information content (AvgIpc) is 2.43. The van der Waals surface area contributed by atoms with Crippen LogP contribution in [0.1, 0.15) is 11.7 Å². The maximum Gasteiger partial charge on any atom is 0.181 e. The summed E-state index contributed by atoms with van der Waals surface area (Å²) in [5.74, 6) is -1.94. The van der Waals surface area contributed by atoms with Gasteiger partial charge in [-0.05, 0) is 30.3 Å². The van der Waals surface area contributed by atoms with Crippen LogP contribution in [-0.2, 0) is 0 Å². The molecule has 2 rings (SSSR count). The van der Waals surface area contributed by atoms with Gasteiger partial charge in [0.05, 0.1) is 11.8 Å². The maximum atomic E-state index is 13.4. The van der Waals surface area contributed by atoms with Crippen molar-refractivity contribution < 1.29 is 13.9 Å². The van der Waals surface area contributed by atoms with Crippen LogP contribution in [0.25, 0.3) is 0 Å². The van der Waals surface area contributed by atoms with E-state index in [1.54, 1.807) is 12.1 Å². The summed E-state index contributed by atoms with van der Waals surface area (Å²) >= 11 is 11.8. The van der Waals surface area contributed by atoms with E-state index in [-0.39, 0.29) is 12.2 Å². The highest BCUT2D eigenvalue weighted by Gasteiger charge is 2.14. The molecule has 0 aliphatic heterocycles. The Balaban J connectivity index is 2.10. The van der Waals surface area contributed by atoms with Gasteiger partial charge in [-0.3, -0.25) is 0 Å². The number of benzene rings is 2. The number of hydrogen-bond donors (Lipinski definition) is 2. The first-order chi connectivity index (χ1) is 9.49. The Kier molecular flexibility index (Phi) is 4.81. The molecule has 2 aromatic carbocycles. The molecule has 0 heterocycles. The van der Waals surface area contributed by atoms with Crippen molar-refractivity contribution in [2.45, 2.75) is 6.10 Å². The predicted octanol–water partition coefficient (Wildman–Crippen LogP) is 4.42. The van der Waals surface area contributed by atoms with Crippen molar-refractivity contribution >= 4 is 28.9 Å². The molecule has 6 heteroatoms. The van der Waals surface area contributed by atoms with E-state index in [0.717, 1.165) is 6.07 Å². The Hall–Kier alpha value is -1.36. The molecule has 0 saturated carbocycles. The van der Waals surface area contributed by atoms with Crippen LogP contribution in [0.4, 0.5) is 14.5 Å². The van der Waals surface area contributed by atoms with Gasteiger partial charge in [0.2, 0.25) is 0 Å². The van der Waals surface area contributed by atoms with Gasteiger partial charge in [0.25, 0.3) is 0 Å². The molecule has 0 saturated heterocycles. The van der Waals surface area contributed by atoms with E-state index in [1.165, 1.54) is 18.2 Å². The second-order valence-electron chi connectivity index (χ2n) is 4.16. The smallest absolute Gasteiger partial charge is 0.181 e. The van der Waals surface area contributed by atoms with Crippen molar-refractivity contribution in [3.05, 3.63) is 63.6 Å². The lowest BCUT2D eigenvalue weighted by Gasteiger charge is -2.15. The van der Waals surface area contributed by atoms with Crippen molar-refractivity contribution in [2.24, 2.45) is 0 Å². The Morgan fingerprint density at radius 3 is 2.65 bits per heavy atom. The lowest BCUT2D eigenvalue weighted by Crippen LogP contribution is -2.13. The molecule has 2 N–H and O–H groups in total. The third-order valence-corrected chi connectivity index (χ3v) is 3.33. The Bertz CT molecular complexity index is 622. The fourth-order valence-corrected chi connectivity index (χ4v) is 2.15. The minimum absolute atomic E-state index is 0.0257. The normalized spacial score (nSPS) is 12.2. The van der Waals surface area contributed by atoms with Gasteiger partial charge in [-0.25, -0.2) is 8.78 Å². The molecular formula is C14H11Cl2F2NO. The molecule has 0 fully saturated rings. The lowest BCUT2D eigenvalue weighted by atomic mass is 10.1. The van der Waals surface area contributed by atoms with Gasteiger partial charge in [-0.15, -0.1) is 0 Å². The van der Waals surface area contributed by atoms with E-state index in [9.17, 15) is 13.9 Å². The number of nitrogens with one attached hydrogen (secondary N) is 1. The molecule has 0 bridgehead atoms. The number of rotatable bonds is 4. The van der Waals surface area contributed by atoms with Crippen LogP contribution in [-0.4, -0.2) is 11.7 Å². The third-order valence-electron chi connectivity index (χ3n) is 2.75. The van der Waals surface area contributed by atoms with Crippen LogP contribution in [0.3, 0.4) is 0 Å². The van der Waals surface area contributed by atoms with Crippen LogP contribution >= 0.6 is 23.2 Å². The van der Waals surface area contributed by atoms with Crippen LogP contribution in [0.5, 0.6) is 0 Å². The Morgan fingerprint density at radius 1 is 1.15 bits per heavy atom. The molecule has 0 amide bonds. The first-order valence-electron chi connectivity index (χ1n) is 5.80. The van der Waals surface area contributed by atoms with Gasteiger partial charge >= 0.3 is 0 Å². The topological polar surface area (TPSA) is 32.3 Å². The molecule has 1 unspecified atom stereocenters. The monoisotopic (exact) mass is 317 g/mol. The summed E-state index contributed by atoms with van der Waals surface area (Å²) in [6, 6.07) is 8.46. The van der Waals surface area contributed by atoms with Crippen molar-refractivity contribution in [3.8, 4) is 0 Å². The summed E-state index contributed by atoms with van der Waals surface area (Å²) in [6.07, 6.45) is -0.996. The third kappa shape index (κ3) is 3.39. The van der Waals surface area contributed by atoms with E-state index < -0.39 is 17.7 Å². The van der Waals surface area contributed by atoms with Crippen molar-refractivity contribution in [1.82, 2.24) is 0 Å². The minimum Gasteiger partial charge on any atom is -0.387 e. The number of hydrogen-bond acceptors (Lipinski definition) is 2. The summed E-state index contributed by atoms with van der Waals surface area (Å²) in [6.45, 7) is -0.0273. The summed E-state index contributed by atoms with van der Waals surface area (Å²) in [5, 5.41) is 13.4. The highest BCUT2D eigenvalue weighted by Crippen LogP contribution is 2.27. The van der Waals surface area contributed by atoms with E-state index in [0.29, 0.717) is 15.6 Å². The highest BCUT2D eigenvalue weighted by molar-refractivity contribution is 6.33. The average molecular weight is 318 g/mol. The molecule has 0 spiro atoms. The highest BCUT2D eigenvalue weighted by atomic mass is 35.5. The summed E-state index contributed by atoms with van der Waals surface area (Å²) in [5.41, 5.74) is 0.394. The van der Waals surface area contributed by atoms with Gasteiger partial charge in [-0.2, -0.15) is 0 Å². The van der Waals surface area contributed by atoms with Gasteiger partial charge in [0.1, 0.15) is 0 Å². The Labute approximate surface area is 125 Å². The zero-order valence-electron chi connectivity index (χ0n) is 10.2.